The van der Waals surface area contributed by atoms with Crippen LogP contribution in [-0.2, 0) is 6.42 Å². The highest BCUT2D eigenvalue weighted by molar-refractivity contribution is 6.02. The second kappa shape index (κ2) is 6.20. The molecule has 0 bridgehead atoms. The molecule has 1 aromatic carbocycles. The first-order valence-electron chi connectivity index (χ1n) is 7.86. The highest BCUT2D eigenvalue weighted by Gasteiger charge is 2.28. The minimum absolute atomic E-state index is 0.211. The van der Waals surface area contributed by atoms with Gasteiger partial charge in [0.15, 0.2) is 0 Å². The fourth-order valence-electron chi connectivity index (χ4n) is 3.37. The fourth-order valence-corrected chi connectivity index (χ4v) is 3.37. The third kappa shape index (κ3) is 2.54. The third-order valence-corrected chi connectivity index (χ3v) is 4.50. The molecule has 24 heavy (non-hydrogen) atoms. The summed E-state index contributed by atoms with van der Waals surface area (Å²) in [6, 6.07) is 12.4. The van der Waals surface area contributed by atoms with Crippen molar-refractivity contribution in [2.45, 2.75) is 18.8 Å². The first-order chi connectivity index (χ1) is 11.9. The molecular formula is C19H16N4O. The van der Waals surface area contributed by atoms with Crippen LogP contribution in [0.15, 0.2) is 66.5 Å². The van der Waals surface area contributed by atoms with E-state index in [1.54, 1.807) is 24.9 Å². The molecule has 1 N–H and O–H groups in total. The summed E-state index contributed by atoms with van der Waals surface area (Å²) in [5.41, 5.74) is 5.97. The van der Waals surface area contributed by atoms with Gasteiger partial charge in [-0.2, -0.15) is 0 Å². The molecule has 118 valence electrons. The van der Waals surface area contributed by atoms with Gasteiger partial charge in [-0.05, 0) is 41.2 Å². The summed E-state index contributed by atoms with van der Waals surface area (Å²) >= 11 is 0. The van der Waals surface area contributed by atoms with Crippen LogP contribution in [0, 0.1) is 0 Å². The summed E-state index contributed by atoms with van der Waals surface area (Å²) in [6.45, 7) is 0. The van der Waals surface area contributed by atoms with Gasteiger partial charge in [-0.15, -0.1) is 0 Å². The first-order valence-corrected chi connectivity index (χ1v) is 7.86. The van der Waals surface area contributed by atoms with Crippen molar-refractivity contribution in [3.8, 4) is 11.1 Å². The maximum absolute atomic E-state index is 9.41. The van der Waals surface area contributed by atoms with E-state index in [0.717, 1.165) is 23.2 Å². The zero-order valence-electron chi connectivity index (χ0n) is 13.0. The number of fused-ring (bicyclic) bond motifs is 1. The Morgan fingerprint density at radius 1 is 0.958 bits per heavy atom. The summed E-state index contributed by atoms with van der Waals surface area (Å²) in [5.74, 6) is 0.211. The van der Waals surface area contributed by atoms with Gasteiger partial charge in [-0.25, -0.2) is 9.97 Å². The molecule has 0 saturated carbocycles. The molecule has 1 unspecified atom stereocenters. The molecule has 0 aliphatic heterocycles. The lowest BCUT2D eigenvalue weighted by atomic mass is 9.79. The van der Waals surface area contributed by atoms with E-state index < -0.39 is 0 Å². The van der Waals surface area contributed by atoms with Crippen molar-refractivity contribution < 1.29 is 5.21 Å². The second-order valence-corrected chi connectivity index (χ2v) is 5.86. The van der Waals surface area contributed by atoms with Crippen LogP contribution in [0.3, 0.4) is 0 Å². The van der Waals surface area contributed by atoms with Gasteiger partial charge in [0.2, 0.25) is 0 Å². The Hall–Kier alpha value is -3.08. The number of hydrogen-bond donors (Lipinski definition) is 1. The van der Waals surface area contributed by atoms with Crippen molar-refractivity contribution >= 4 is 5.71 Å². The predicted octanol–water partition coefficient (Wildman–Crippen LogP) is 3.45. The number of rotatable bonds is 2. The Morgan fingerprint density at radius 3 is 2.62 bits per heavy atom. The molecule has 5 heteroatoms. The maximum atomic E-state index is 9.41. The SMILES string of the molecule is ON=C1CC(c2ccccc2-c2ccncc2)Cc2ncncc21. The summed E-state index contributed by atoms with van der Waals surface area (Å²) in [7, 11) is 0. The highest BCUT2D eigenvalue weighted by Crippen LogP contribution is 2.36. The molecule has 2 aromatic heterocycles. The molecule has 5 nitrogen and oxygen atoms in total. The Labute approximate surface area is 139 Å². The molecule has 4 rings (SSSR count). The summed E-state index contributed by atoms with van der Waals surface area (Å²) in [6.07, 6.45) is 8.34. The lowest BCUT2D eigenvalue weighted by molar-refractivity contribution is 0.316. The smallest absolute Gasteiger partial charge is 0.115 e. The van der Waals surface area contributed by atoms with Gasteiger partial charge in [0.05, 0.1) is 11.4 Å². The van der Waals surface area contributed by atoms with Gasteiger partial charge in [-0.3, -0.25) is 4.98 Å². The molecule has 0 radical (unpaired) electrons. The molecule has 1 aliphatic carbocycles. The standard InChI is InChI=1S/C19H16N4O/c24-23-19-10-14(9-18-17(19)11-21-12-22-18)16-4-2-1-3-15(16)13-5-7-20-8-6-13/h1-8,11-12,14,24H,9-10H2. The second-order valence-electron chi connectivity index (χ2n) is 5.86. The van der Waals surface area contributed by atoms with E-state index in [1.807, 2.05) is 24.3 Å². The lowest BCUT2D eigenvalue weighted by Gasteiger charge is -2.26. The van der Waals surface area contributed by atoms with Crippen molar-refractivity contribution in [2.24, 2.45) is 5.16 Å². The van der Waals surface area contributed by atoms with E-state index in [1.165, 1.54) is 11.1 Å². The van der Waals surface area contributed by atoms with Crippen molar-refractivity contribution in [1.29, 1.82) is 0 Å². The number of pyridine rings is 1. The van der Waals surface area contributed by atoms with Crippen LogP contribution in [0.4, 0.5) is 0 Å². The monoisotopic (exact) mass is 316 g/mol. The quantitative estimate of drug-likeness (QED) is 0.580. The molecule has 3 aromatic rings. The number of benzene rings is 1. The molecule has 2 heterocycles. The molecule has 0 spiro atoms. The van der Waals surface area contributed by atoms with Crippen molar-refractivity contribution in [2.75, 3.05) is 0 Å². The van der Waals surface area contributed by atoms with Crippen LogP contribution in [0.2, 0.25) is 0 Å². The third-order valence-electron chi connectivity index (χ3n) is 4.50. The van der Waals surface area contributed by atoms with Gasteiger partial charge < -0.3 is 5.21 Å². The van der Waals surface area contributed by atoms with Crippen LogP contribution in [0.5, 0.6) is 0 Å². The molecule has 0 saturated heterocycles. The van der Waals surface area contributed by atoms with Crippen molar-refractivity contribution in [3.05, 3.63) is 78.1 Å². The van der Waals surface area contributed by atoms with E-state index in [-0.39, 0.29) is 5.92 Å². The highest BCUT2D eigenvalue weighted by atomic mass is 16.4. The van der Waals surface area contributed by atoms with Gasteiger partial charge in [0.25, 0.3) is 0 Å². The number of hydrogen-bond acceptors (Lipinski definition) is 5. The fraction of sp³-hybridized carbons (Fsp3) is 0.158. The van der Waals surface area contributed by atoms with Crippen LogP contribution >= 0.6 is 0 Å². The Bertz CT molecular complexity index is 893. The van der Waals surface area contributed by atoms with Crippen molar-refractivity contribution in [3.63, 3.8) is 0 Å². The Morgan fingerprint density at radius 2 is 1.79 bits per heavy atom. The average molecular weight is 316 g/mol. The summed E-state index contributed by atoms with van der Waals surface area (Å²) in [4.78, 5) is 12.5. The number of oxime groups is 1. The lowest BCUT2D eigenvalue weighted by Crippen LogP contribution is -2.21. The van der Waals surface area contributed by atoms with E-state index in [2.05, 4.69) is 32.2 Å². The molecular weight excluding hydrogens is 300 g/mol. The Kier molecular flexibility index (Phi) is 3.75. The first kappa shape index (κ1) is 14.5. The zero-order valence-corrected chi connectivity index (χ0v) is 13.0. The summed E-state index contributed by atoms with van der Waals surface area (Å²) < 4.78 is 0. The predicted molar refractivity (Wildman–Crippen MR) is 91.1 cm³/mol. The topological polar surface area (TPSA) is 71.3 Å². The van der Waals surface area contributed by atoms with E-state index in [9.17, 15) is 5.21 Å². The maximum Gasteiger partial charge on any atom is 0.115 e. The normalized spacial score (nSPS) is 18.3. The zero-order chi connectivity index (χ0) is 16.4. The largest absolute Gasteiger partial charge is 0.411 e. The van der Waals surface area contributed by atoms with Gasteiger partial charge in [-0.1, -0.05) is 29.4 Å². The minimum Gasteiger partial charge on any atom is -0.411 e. The van der Waals surface area contributed by atoms with Crippen LogP contribution in [0.25, 0.3) is 11.1 Å². The number of aromatic nitrogens is 3. The summed E-state index contributed by atoms with van der Waals surface area (Å²) in [5, 5.41) is 12.9. The van der Waals surface area contributed by atoms with Crippen LogP contribution < -0.4 is 0 Å². The van der Waals surface area contributed by atoms with E-state index >= 15 is 0 Å². The molecule has 0 amide bonds. The minimum atomic E-state index is 0.211. The Balaban J connectivity index is 1.79. The van der Waals surface area contributed by atoms with Crippen LogP contribution in [-0.4, -0.2) is 25.9 Å². The molecule has 0 fully saturated rings. The van der Waals surface area contributed by atoms with E-state index in [0.29, 0.717) is 12.1 Å². The van der Waals surface area contributed by atoms with Crippen molar-refractivity contribution in [1.82, 2.24) is 15.0 Å². The average Bonchev–Trinajstić information content (AvgIpc) is 2.68. The van der Waals surface area contributed by atoms with Crippen LogP contribution in [0.1, 0.15) is 29.2 Å². The van der Waals surface area contributed by atoms with Gasteiger partial charge in [0.1, 0.15) is 6.33 Å². The molecule has 1 aliphatic rings. The van der Waals surface area contributed by atoms with E-state index in [4.69, 9.17) is 0 Å². The molecule has 1 atom stereocenters. The number of nitrogens with zero attached hydrogens (tertiary/aromatic N) is 4. The van der Waals surface area contributed by atoms with Gasteiger partial charge >= 0.3 is 0 Å². The van der Waals surface area contributed by atoms with Gasteiger partial charge in [0, 0.05) is 30.6 Å².